The molecule has 14 heteroatoms. The second-order valence-electron chi connectivity index (χ2n) is 8.77. The lowest BCUT2D eigenvalue weighted by Crippen LogP contribution is -2.36. The minimum atomic E-state index is -4.02. The summed E-state index contributed by atoms with van der Waals surface area (Å²) in [5.74, 6) is -0.975. The van der Waals surface area contributed by atoms with Gasteiger partial charge in [-0.3, -0.25) is 4.55 Å². The third-order valence-corrected chi connectivity index (χ3v) is 6.35. The van der Waals surface area contributed by atoms with E-state index in [0.29, 0.717) is 25.7 Å². The van der Waals surface area contributed by atoms with E-state index in [2.05, 4.69) is 14.2 Å². The maximum Gasteiger partial charge on any atom is 0.294 e. The Labute approximate surface area is 245 Å². The fraction of sp³-hybridized carbons (Fsp3) is 0.704. The van der Waals surface area contributed by atoms with Crippen LogP contribution in [0.5, 0.6) is 0 Å². The van der Waals surface area contributed by atoms with Crippen molar-refractivity contribution in [3.8, 4) is 0 Å². The molecule has 0 unspecified atom stereocenters. The van der Waals surface area contributed by atoms with Gasteiger partial charge in [-0.1, -0.05) is 17.7 Å². The van der Waals surface area contributed by atoms with E-state index >= 15 is 0 Å². The van der Waals surface area contributed by atoms with E-state index in [0.717, 1.165) is 5.56 Å². The van der Waals surface area contributed by atoms with Crippen LogP contribution < -0.4 is 0 Å². The first-order valence-corrected chi connectivity index (χ1v) is 13.7. The SMILES string of the molecule is CC(=O)CCC(C)=O.COC(C)(CCC(C)(OC)OC)OC.COC(OC)OC.Cc1ccc(S(=O)(=O)O)cc1.O. The van der Waals surface area contributed by atoms with Gasteiger partial charge in [0.25, 0.3) is 16.6 Å². The highest BCUT2D eigenvalue weighted by molar-refractivity contribution is 7.85. The molecule has 3 N–H and O–H groups in total. The summed E-state index contributed by atoms with van der Waals surface area (Å²) in [6.45, 7) is 8.08. The van der Waals surface area contributed by atoms with Crippen LogP contribution in [0.3, 0.4) is 0 Å². The molecule has 1 aromatic rings. The smallest absolute Gasteiger partial charge is 0.294 e. The summed E-state index contributed by atoms with van der Waals surface area (Å²) >= 11 is 0. The molecule has 0 amide bonds. The van der Waals surface area contributed by atoms with Crippen molar-refractivity contribution < 1.29 is 61.2 Å². The third-order valence-electron chi connectivity index (χ3n) is 5.49. The molecule has 0 fully saturated rings. The van der Waals surface area contributed by atoms with Gasteiger partial charge < -0.3 is 48.2 Å². The van der Waals surface area contributed by atoms with Crippen LogP contribution in [-0.4, -0.2) is 97.8 Å². The Morgan fingerprint density at radius 2 is 1.02 bits per heavy atom. The zero-order valence-corrected chi connectivity index (χ0v) is 27.4. The van der Waals surface area contributed by atoms with Gasteiger partial charge in [0.1, 0.15) is 11.6 Å². The van der Waals surface area contributed by atoms with Crippen LogP contribution in [0.2, 0.25) is 0 Å². The highest BCUT2D eigenvalue weighted by Crippen LogP contribution is 2.25. The van der Waals surface area contributed by atoms with Crippen LogP contribution in [0, 0.1) is 6.92 Å². The molecule has 0 spiro atoms. The number of carbonyl (C=O) groups is 2. The molecule has 0 bridgehead atoms. The van der Waals surface area contributed by atoms with E-state index in [1.165, 1.54) is 47.3 Å². The standard InChI is InChI=1S/C10H22O4.C7H8O3S.C6H10O2.C4H10O3.H2O/c1-9(11-3,12-4)7-8-10(2,13-5)14-6;1-6-2-4-7(5-3-6)11(8,9)10;1-5(7)3-4-6(2)8;1-5-4(6-2)7-3;/h7-8H2,1-6H3;2-5H,1H3,(H,8,9,10);3-4H2,1-2H3;4H,1-3H3;1H2. The minimum Gasteiger partial charge on any atom is -0.412 e. The number of Topliss-reactive ketones (excluding diaryl/α,β-unsaturated/α-hetero) is 2. The number of ketones is 2. The van der Waals surface area contributed by atoms with E-state index in [9.17, 15) is 18.0 Å². The van der Waals surface area contributed by atoms with Crippen molar-refractivity contribution in [1.29, 1.82) is 0 Å². The Morgan fingerprint density at radius 3 is 1.20 bits per heavy atom. The maximum absolute atomic E-state index is 10.5. The molecule has 0 heterocycles. The minimum absolute atomic E-state index is 0. The zero-order chi connectivity index (χ0) is 32.0. The maximum atomic E-state index is 10.5. The molecule has 0 saturated heterocycles. The average molecular weight is 617 g/mol. The molecule has 0 radical (unpaired) electrons. The number of hydrogen-bond donors (Lipinski definition) is 1. The molecule has 0 aliphatic rings. The molecule has 0 saturated carbocycles. The summed E-state index contributed by atoms with van der Waals surface area (Å²) < 4.78 is 64.3. The predicted molar refractivity (Wildman–Crippen MR) is 154 cm³/mol. The fourth-order valence-electron chi connectivity index (χ4n) is 2.38. The highest BCUT2D eigenvalue weighted by atomic mass is 32.2. The van der Waals surface area contributed by atoms with Crippen LogP contribution in [0.4, 0.5) is 0 Å². The lowest BCUT2D eigenvalue weighted by Gasteiger charge is -2.32. The molecular formula is C27H52O13S. The van der Waals surface area contributed by atoms with E-state index in [1.54, 1.807) is 40.6 Å². The summed E-state index contributed by atoms with van der Waals surface area (Å²) in [4.78, 5) is 20.3. The van der Waals surface area contributed by atoms with Gasteiger partial charge in [-0.2, -0.15) is 8.42 Å². The first-order valence-electron chi connectivity index (χ1n) is 12.2. The molecular weight excluding hydrogens is 564 g/mol. The molecule has 0 atom stereocenters. The van der Waals surface area contributed by atoms with Gasteiger partial charge in [-0.15, -0.1) is 0 Å². The van der Waals surface area contributed by atoms with Crippen LogP contribution in [0.25, 0.3) is 0 Å². The Balaban J connectivity index is -0.000000229. The quantitative estimate of drug-likeness (QED) is 0.238. The monoisotopic (exact) mass is 616 g/mol. The van der Waals surface area contributed by atoms with Gasteiger partial charge in [0.2, 0.25) is 0 Å². The fourth-order valence-corrected chi connectivity index (χ4v) is 2.86. The van der Waals surface area contributed by atoms with E-state index in [4.69, 9.17) is 23.5 Å². The van der Waals surface area contributed by atoms with Crippen LogP contribution in [0.15, 0.2) is 29.2 Å². The van der Waals surface area contributed by atoms with Gasteiger partial charge in [0, 0.05) is 75.5 Å². The topological polar surface area (TPSA) is 185 Å². The molecule has 244 valence electrons. The summed E-state index contributed by atoms with van der Waals surface area (Å²) in [6.07, 6.45) is 2.21. The molecule has 1 aromatic carbocycles. The van der Waals surface area contributed by atoms with E-state index in [1.807, 2.05) is 20.8 Å². The number of rotatable bonds is 14. The number of benzene rings is 1. The van der Waals surface area contributed by atoms with Gasteiger partial charge >= 0.3 is 0 Å². The van der Waals surface area contributed by atoms with Crippen molar-refractivity contribution in [3.63, 3.8) is 0 Å². The Bertz CT molecular complexity index is 853. The van der Waals surface area contributed by atoms with Crippen molar-refractivity contribution in [1.82, 2.24) is 0 Å². The van der Waals surface area contributed by atoms with Crippen LogP contribution in [-0.2, 0) is 52.9 Å². The van der Waals surface area contributed by atoms with Crippen molar-refractivity contribution in [3.05, 3.63) is 29.8 Å². The van der Waals surface area contributed by atoms with Gasteiger partial charge in [0.05, 0.1) is 4.90 Å². The highest BCUT2D eigenvalue weighted by Gasteiger charge is 2.30. The first-order chi connectivity index (χ1) is 18.4. The van der Waals surface area contributed by atoms with Crippen molar-refractivity contribution in [2.24, 2.45) is 0 Å². The van der Waals surface area contributed by atoms with Crippen molar-refractivity contribution in [2.75, 3.05) is 49.8 Å². The molecule has 1 rings (SSSR count). The van der Waals surface area contributed by atoms with E-state index in [-0.39, 0.29) is 21.9 Å². The average Bonchev–Trinajstić information content (AvgIpc) is 2.92. The van der Waals surface area contributed by atoms with Crippen LogP contribution >= 0.6 is 0 Å². The van der Waals surface area contributed by atoms with Crippen molar-refractivity contribution >= 4 is 21.7 Å². The third kappa shape index (κ3) is 25.6. The van der Waals surface area contributed by atoms with Crippen LogP contribution in [0.1, 0.15) is 58.9 Å². The molecule has 0 aromatic heterocycles. The van der Waals surface area contributed by atoms with Crippen molar-refractivity contribution in [2.45, 2.75) is 83.2 Å². The van der Waals surface area contributed by atoms with Gasteiger partial charge in [-0.25, -0.2) is 0 Å². The lowest BCUT2D eigenvalue weighted by atomic mass is 10.1. The zero-order valence-electron chi connectivity index (χ0n) is 26.6. The number of hydrogen-bond acceptors (Lipinski definition) is 11. The molecule has 0 aliphatic carbocycles. The predicted octanol–water partition coefficient (Wildman–Crippen LogP) is 3.36. The summed E-state index contributed by atoms with van der Waals surface area (Å²) in [5.41, 5.74) is 0.956. The molecule has 13 nitrogen and oxygen atoms in total. The Kier molecular flexibility index (Phi) is 27.8. The molecule has 41 heavy (non-hydrogen) atoms. The number of aryl methyl sites for hydroxylation is 1. The largest absolute Gasteiger partial charge is 0.412 e. The number of methoxy groups -OCH3 is 7. The second-order valence-corrected chi connectivity index (χ2v) is 10.2. The Hall–Kier alpha value is -1.85. The normalized spacial score (nSPS) is 11.1. The van der Waals surface area contributed by atoms with Gasteiger partial charge in [0.15, 0.2) is 11.6 Å². The number of ether oxygens (including phenoxy) is 7. The molecule has 0 aliphatic heterocycles. The van der Waals surface area contributed by atoms with Gasteiger partial charge in [-0.05, 0) is 46.8 Å². The summed E-state index contributed by atoms with van der Waals surface area (Å²) in [7, 11) is 7.02. The first kappa shape index (κ1) is 46.1. The summed E-state index contributed by atoms with van der Waals surface area (Å²) in [6, 6.07) is 5.99. The lowest BCUT2D eigenvalue weighted by molar-refractivity contribution is -0.252. The summed E-state index contributed by atoms with van der Waals surface area (Å²) in [5, 5.41) is 0. The Morgan fingerprint density at radius 1 is 0.732 bits per heavy atom. The number of carbonyl (C=O) groups excluding carboxylic acids is 2. The second kappa shape index (κ2) is 24.7. The van der Waals surface area contributed by atoms with E-state index < -0.39 is 28.2 Å².